The minimum atomic E-state index is 0.410. The summed E-state index contributed by atoms with van der Waals surface area (Å²) in [6, 6.07) is 0.410. The Morgan fingerprint density at radius 3 is 2.75 bits per heavy atom. The number of imidazole rings is 1. The maximum Gasteiger partial charge on any atom is 0.168 e. The normalized spacial score (nSPS) is 10.6. The topological polar surface area (TPSA) is 34.9 Å². The summed E-state index contributed by atoms with van der Waals surface area (Å²) >= 11 is 0. The Labute approximate surface area is 72.4 Å². The average molecular weight is 166 g/mol. The number of hydrogen-bond donors (Lipinski definition) is 0. The number of rotatable bonds is 4. The van der Waals surface area contributed by atoms with Crippen molar-refractivity contribution in [3.05, 3.63) is 18.2 Å². The van der Waals surface area contributed by atoms with Crippen LogP contribution in [0.1, 0.15) is 43.2 Å². The zero-order valence-corrected chi connectivity index (χ0v) is 7.53. The molecule has 3 heteroatoms. The third-order valence-corrected chi connectivity index (χ3v) is 2.15. The maximum atomic E-state index is 10.6. The number of aromatic nitrogens is 2. The Balaban J connectivity index is 2.90. The fourth-order valence-electron chi connectivity index (χ4n) is 1.39. The zero-order chi connectivity index (χ0) is 8.97. The number of carbonyl (C=O) groups is 1. The zero-order valence-electron chi connectivity index (χ0n) is 7.53. The Kier molecular flexibility index (Phi) is 3.02. The molecule has 66 valence electrons. The molecule has 12 heavy (non-hydrogen) atoms. The molecule has 0 radical (unpaired) electrons. The Hall–Kier alpha value is -1.12. The third kappa shape index (κ3) is 1.55. The van der Waals surface area contributed by atoms with Crippen molar-refractivity contribution in [3.63, 3.8) is 0 Å². The average Bonchev–Trinajstić information content (AvgIpc) is 2.55. The van der Waals surface area contributed by atoms with Gasteiger partial charge in [0.1, 0.15) is 5.69 Å². The van der Waals surface area contributed by atoms with E-state index in [0.29, 0.717) is 11.7 Å². The van der Waals surface area contributed by atoms with Crippen LogP contribution in [0.5, 0.6) is 0 Å². The second-order valence-electron chi connectivity index (χ2n) is 2.81. The van der Waals surface area contributed by atoms with Crippen LogP contribution in [-0.2, 0) is 0 Å². The molecule has 0 unspecified atom stereocenters. The molecule has 1 aromatic rings. The van der Waals surface area contributed by atoms with Crippen LogP contribution in [0.3, 0.4) is 0 Å². The summed E-state index contributed by atoms with van der Waals surface area (Å²) in [7, 11) is 0. The molecule has 0 aliphatic carbocycles. The SMILES string of the molecule is CCC(CC)n1cncc1C=O. The Morgan fingerprint density at radius 2 is 2.25 bits per heavy atom. The predicted octanol–water partition coefficient (Wildman–Crippen LogP) is 2.06. The second kappa shape index (κ2) is 4.04. The molecule has 1 rings (SSSR count). The molecule has 1 aromatic heterocycles. The van der Waals surface area contributed by atoms with Crippen LogP contribution in [0.2, 0.25) is 0 Å². The summed E-state index contributed by atoms with van der Waals surface area (Å²) in [4.78, 5) is 14.5. The van der Waals surface area contributed by atoms with Crippen LogP contribution in [0.15, 0.2) is 12.5 Å². The van der Waals surface area contributed by atoms with Crippen molar-refractivity contribution in [2.24, 2.45) is 0 Å². The first-order chi connectivity index (χ1) is 5.83. The predicted molar refractivity (Wildman–Crippen MR) is 47.2 cm³/mol. The van der Waals surface area contributed by atoms with Crippen LogP contribution >= 0.6 is 0 Å². The summed E-state index contributed by atoms with van der Waals surface area (Å²) in [5.74, 6) is 0. The first-order valence-corrected chi connectivity index (χ1v) is 4.30. The van der Waals surface area contributed by atoms with Crippen molar-refractivity contribution in [3.8, 4) is 0 Å². The summed E-state index contributed by atoms with van der Waals surface area (Å²) in [6.07, 6.45) is 6.25. The number of hydrogen-bond acceptors (Lipinski definition) is 2. The lowest BCUT2D eigenvalue weighted by Crippen LogP contribution is -2.08. The van der Waals surface area contributed by atoms with Gasteiger partial charge in [-0.25, -0.2) is 4.98 Å². The monoisotopic (exact) mass is 166 g/mol. The van der Waals surface area contributed by atoms with Gasteiger partial charge in [-0.2, -0.15) is 0 Å². The first-order valence-electron chi connectivity index (χ1n) is 4.30. The number of nitrogens with zero attached hydrogens (tertiary/aromatic N) is 2. The molecule has 0 aliphatic rings. The third-order valence-electron chi connectivity index (χ3n) is 2.15. The molecule has 0 aliphatic heterocycles. The van der Waals surface area contributed by atoms with E-state index in [9.17, 15) is 4.79 Å². The molecule has 0 bridgehead atoms. The van der Waals surface area contributed by atoms with Crippen LogP contribution in [-0.4, -0.2) is 15.8 Å². The van der Waals surface area contributed by atoms with Crippen LogP contribution in [0, 0.1) is 0 Å². The molecule has 1 heterocycles. The van der Waals surface area contributed by atoms with E-state index in [1.54, 1.807) is 12.5 Å². The molecule has 0 N–H and O–H groups in total. The van der Waals surface area contributed by atoms with E-state index in [0.717, 1.165) is 19.1 Å². The standard InChI is InChI=1S/C9H14N2O/c1-3-8(4-2)11-7-10-5-9(11)6-12/h5-8H,3-4H2,1-2H3. The summed E-state index contributed by atoms with van der Waals surface area (Å²) in [5, 5.41) is 0. The van der Waals surface area contributed by atoms with Gasteiger partial charge in [0.25, 0.3) is 0 Å². The van der Waals surface area contributed by atoms with E-state index < -0.39 is 0 Å². The van der Waals surface area contributed by atoms with Gasteiger partial charge in [0, 0.05) is 6.04 Å². The van der Waals surface area contributed by atoms with Gasteiger partial charge in [-0.15, -0.1) is 0 Å². The molecular weight excluding hydrogens is 152 g/mol. The quantitative estimate of drug-likeness (QED) is 0.642. The molecule has 3 nitrogen and oxygen atoms in total. The molecule has 0 fully saturated rings. The largest absolute Gasteiger partial charge is 0.325 e. The van der Waals surface area contributed by atoms with Gasteiger partial charge < -0.3 is 4.57 Å². The van der Waals surface area contributed by atoms with E-state index >= 15 is 0 Å². The van der Waals surface area contributed by atoms with Crippen molar-refractivity contribution < 1.29 is 4.79 Å². The van der Waals surface area contributed by atoms with E-state index in [1.165, 1.54) is 0 Å². The maximum absolute atomic E-state index is 10.6. The van der Waals surface area contributed by atoms with Crippen molar-refractivity contribution in [1.29, 1.82) is 0 Å². The fourth-order valence-corrected chi connectivity index (χ4v) is 1.39. The van der Waals surface area contributed by atoms with Gasteiger partial charge in [0.05, 0.1) is 12.5 Å². The highest BCUT2D eigenvalue weighted by Gasteiger charge is 2.08. The molecule has 0 saturated heterocycles. The molecule has 0 saturated carbocycles. The minimum absolute atomic E-state index is 0.410. The van der Waals surface area contributed by atoms with E-state index in [-0.39, 0.29) is 0 Å². The van der Waals surface area contributed by atoms with Crippen molar-refractivity contribution in [2.45, 2.75) is 32.7 Å². The van der Waals surface area contributed by atoms with Gasteiger partial charge >= 0.3 is 0 Å². The van der Waals surface area contributed by atoms with Crippen LogP contribution < -0.4 is 0 Å². The van der Waals surface area contributed by atoms with E-state index in [1.807, 2.05) is 4.57 Å². The molecule has 0 aromatic carbocycles. The lowest BCUT2D eigenvalue weighted by Gasteiger charge is -2.14. The molecule has 0 atom stereocenters. The first kappa shape index (κ1) is 8.97. The highest BCUT2D eigenvalue weighted by molar-refractivity contribution is 5.71. The van der Waals surface area contributed by atoms with Crippen LogP contribution in [0.25, 0.3) is 0 Å². The lowest BCUT2D eigenvalue weighted by molar-refractivity contribution is 0.111. The summed E-state index contributed by atoms with van der Waals surface area (Å²) in [5.41, 5.74) is 0.670. The highest BCUT2D eigenvalue weighted by Crippen LogP contribution is 2.16. The molecular formula is C9H14N2O. The number of aldehydes is 1. The van der Waals surface area contributed by atoms with Crippen molar-refractivity contribution in [2.75, 3.05) is 0 Å². The molecule has 0 spiro atoms. The Morgan fingerprint density at radius 1 is 1.58 bits per heavy atom. The number of carbonyl (C=O) groups excluding carboxylic acids is 1. The van der Waals surface area contributed by atoms with Gasteiger partial charge in [-0.3, -0.25) is 4.79 Å². The summed E-state index contributed by atoms with van der Waals surface area (Å²) in [6.45, 7) is 4.23. The van der Waals surface area contributed by atoms with E-state index in [4.69, 9.17) is 0 Å². The van der Waals surface area contributed by atoms with Gasteiger partial charge in [0.15, 0.2) is 6.29 Å². The van der Waals surface area contributed by atoms with Gasteiger partial charge in [-0.1, -0.05) is 13.8 Å². The van der Waals surface area contributed by atoms with Crippen molar-refractivity contribution in [1.82, 2.24) is 9.55 Å². The lowest BCUT2D eigenvalue weighted by atomic mass is 10.1. The minimum Gasteiger partial charge on any atom is -0.325 e. The summed E-state index contributed by atoms with van der Waals surface area (Å²) < 4.78 is 1.94. The van der Waals surface area contributed by atoms with Gasteiger partial charge in [0.2, 0.25) is 0 Å². The molecule has 0 amide bonds. The fraction of sp³-hybridized carbons (Fsp3) is 0.556. The van der Waals surface area contributed by atoms with E-state index in [2.05, 4.69) is 18.8 Å². The van der Waals surface area contributed by atoms with Crippen molar-refractivity contribution >= 4 is 6.29 Å². The highest BCUT2D eigenvalue weighted by atomic mass is 16.1. The second-order valence-corrected chi connectivity index (χ2v) is 2.81. The van der Waals surface area contributed by atoms with Gasteiger partial charge in [-0.05, 0) is 12.8 Å². The Bertz CT molecular complexity index is 251. The smallest absolute Gasteiger partial charge is 0.168 e. The van der Waals surface area contributed by atoms with Crippen LogP contribution in [0.4, 0.5) is 0 Å².